The maximum atomic E-state index is 6.00. The molecule has 1 aromatic rings. The van der Waals surface area contributed by atoms with Gasteiger partial charge in [-0.2, -0.15) is 0 Å². The van der Waals surface area contributed by atoms with Gasteiger partial charge in [0.25, 0.3) is 0 Å². The second-order valence-electron chi connectivity index (χ2n) is 5.54. The fraction of sp³-hybridized carbons (Fsp3) is 0.714. The van der Waals surface area contributed by atoms with E-state index in [1.54, 1.807) is 11.3 Å². The zero-order chi connectivity index (χ0) is 11.7. The van der Waals surface area contributed by atoms with Gasteiger partial charge in [0.2, 0.25) is 0 Å². The summed E-state index contributed by atoms with van der Waals surface area (Å²) in [6, 6.07) is 5.09. The Morgan fingerprint density at radius 3 is 2.71 bits per heavy atom. The fourth-order valence-electron chi connectivity index (χ4n) is 2.98. The van der Waals surface area contributed by atoms with Crippen LogP contribution in [-0.2, 0) is 6.42 Å². The Morgan fingerprint density at radius 1 is 1.18 bits per heavy atom. The minimum atomic E-state index is 0.854. The predicted octanol–water partition coefficient (Wildman–Crippen LogP) is 4.11. The van der Waals surface area contributed by atoms with Crippen LogP contribution in [0.3, 0.4) is 0 Å². The summed E-state index contributed by atoms with van der Waals surface area (Å²) in [6.07, 6.45) is 8.29. The van der Waals surface area contributed by atoms with Crippen molar-refractivity contribution >= 4 is 22.9 Å². The van der Waals surface area contributed by atoms with Crippen LogP contribution in [0.25, 0.3) is 0 Å². The topological polar surface area (TPSA) is 12.0 Å². The van der Waals surface area contributed by atoms with E-state index in [1.807, 2.05) is 6.07 Å². The molecule has 0 amide bonds. The van der Waals surface area contributed by atoms with Gasteiger partial charge in [-0.15, -0.1) is 11.3 Å². The van der Waals surface area contributed by atoms with Crippen LogP contribution in [-0.4, -0.2) is 12.6 Å². The molecule has 2 atom stereocenters. The molecule has 1 nitrogen and oxygen atoms in total. The lowest BCUT2D eigenvalue weighted by Gasteiger charge is -2.19. The van der Waals surface area contributed by atoms with Gasteiger partial charge in [-0.05, 0) is 62.6 Å². The molecule has 0 saturated heterocycles. The Balaban J connectivity index is 1.53. The quantitative estimate of drug-likeness (QED) is 0.848. The summed E-state index contributed by atoms with van der Waals surface area (Å²) in [5.74, 6) is 1.78. The van der Waals surface area contributed by atoms with Crippen LogP contribution in [0.1, 0.15) is 37.0 Å². The average Bonchev–Trinajstić information content (AvgIpc) is 2.90. The number of hydrogen-bond donors (Lipinski definition) is 1. The van der Waals surface area contributed by atoms with Gasteiger partial charge in [0.05, 0.1) is 4.34 Å². The van der Waals surface area contributed by atoms with Crippen molar-refractivity contribution in [1.82, 2.24) is 5.32 Å². The van der Waals surface area contributed by atoms with Crippen molar-refractivity contribution in [1.29, 1.82) is 0 Å². The number of nitrogens with one attached hydrogen (secondary N) is 1. The van der Waals surface area contributed by atoms with Crippen LogP contribution in [0.15, 0.2) is 12.1 Å². The van der Waals surface area contributed by atoms with Crippen LogP contribution in [0.5, 0.6) is 0 Å². The Kier molecular flexibility index (Phi) is 3.74. The molecular weight excluding hydrogens is 250 g/mol. The third-order valence-electron chi connectivity index (χ3n) is 4.15. The van der Waals surface area contributed by atoms with Gasteiger partial charge in [-0.3, -0.25) is 0 Å². The van der Waals surface area contributed by atoms with E-state index in [2.05, 4.69) is 11.4 Å². The largest absolute Gasteiger partial charge is 0.314 e. The predicted molar refractivity (Wildman–Crippen MR) is 74.9 cm³/mol. The van der Waals surface area contributed by atoms with Gasteiger partial charge < -0.3 is 5.32 Å². The van der Waals surface area contributed by atoms with E-state index in [1.165, 1.54) is 49.9 Å². The molecule has 1 N–H and O–H groups in total. The third-order valence-corrected chi connectivity index (χ3v) is 5.41. The number of rotatable bonds is 5. The van der Waals surface area contributed by atoms with E-state index in [-0.39, 0.29) is 0 Å². The molecule has 2 aliphatic carbocycles. The molecule has 2 saturated carbocycles. The smallest absolute Gasteiger partial charge is 0.0931 e. The normalized spacial score (nSPS) is 28.8. The highest BCUT2D eigenvalue weighted by Gasteiger charge is 2.29. The van der Waals surface area contributed by atoms with E-state index >= 15 is 0 Å². The second kappa shape index (κ2) is 5.29. The lowest BCUT2D eigenvalue weighted by atomic mass is 9.92. The summed E-state index contributed by atoms with van der Waals surface area (Å²) in [6.45, 7) is 1.24. The van der Waals surface area contributed by atoms with Gasteiger partial charge >= 0.3 is 0 Å². The monoisotopic (exact) mass is 269 g/mol. The Bertz CT molecular complexity index is 372. The van der Waals surface area contributed by atoms with E-state index in [4.69, 9.17) is 11.6 Å². The van der Waals surface area contributed by atoms with E-state index in [9.17, 15) is 0 Å². The molecule has 3 heteroatoms. The Morgan fingerprint density at radius 2 is 2.00 bits per heavy atom. The van der Waals surface area contributed by atoms with E-state index in [0.717, 1.165) is 22.2 Å². The minimum Gasteiger partial charge on any atom is -0.314 e. The molecule has 0 aromatic carbocycles. The maximum Gasteiger partial charge on any atom is 0.0931 e. The van der Waals surface area contributed by atoms with Crippen molar-refractivity contribution in [2.75, 3.05) is 6.54 Å². The average molecular weight is 270 g/mol. The number of halogens is 1. The highest BCUT2D eigenvalue weighted by molar-refractivity contribution is 7.16. The van der Waals surface area contributed by atoms with E-state index in [0.29, 0.717) is 0 Å². The number of thiophene rings is 1. The molecule has 2 aliphatic rings. The maximum absolute atomic E-state index is 6.00. The molecule has 2 fully saturated rings. The van der Waals surface area contributed by atoms with Gasteiger partial charge in [-0.25, -0.2) is 0 Å². The highest BCUT2D eigenvalue weighted by Crippen LogP contribution is 2.36. The zero-order valence-corrected chi connectivity index (χ0v) is 11.7. The summed E-state index contributed by atoms with van der Waals surface area (Å²) in [5.41, 5.74) is 0. The first kappa shape index (κ1) is 12.0. The van der Waals surface area contributed by atoms with Gasteiger partial charge in [0.1, 0.15) is 0 Å². The zero-order valence-electron chi connectivity index (χ0n) is 10.1. The third kappa shape index (κ3) is 3.24. The van der Waals surface area contributed by atoms with Crippen molar-refractivity contribution in [3.8, 4) is 0 Å². The van der Waals surface area contributed by atoms with Crippen LogP contribution in [0, 0.1) is 11.8 Å². The molecular formula is C14H20ClNS. The first-order chi connectivity index (χ1) is 8.31. The van der Waals surface area contributed by atoms with Crippen molar-refractivity contribution in [3.05, 3.63) is 21.3 Å². The van der Waals surface area contributed by atoms with Crippen LogP contribution in [0.4, 0.5) is 0 Å². The van der Waals surface area contributed by atoms with Crippen LogP contribution >= 0.6 is 22.9 Å². The minimum absolute atomic E-state index is 0.854. The molecule has 1 aromatic heterocycles. The fourth-order valence-corrected chi connectivity index (χ4v) is 4.16. The summed E-state index contributed by atoms with van der Waals surface area (Å²) in [7, 11) is 0. The van der Waals surface area contributed by atoms with Crippen LogP contribution < -0.4 is 5.32 Å². The second-order valence-corrected chi connectivity index (χ2v) is 7.34. The standard InChI is InChI=1S/C14H20ClNS/c15-14-7-6-13(17-14)8-10-2-1-3-11(10)9-16-12-4-5-12/h6-7,10-12,16H,1-5,8-9H2. The molecule has 0 aliphatic heterocycles. The summed E-state index contributed by atoms with van der Waals surface area (Å²) in [4.78, 5) is 1.47. The summed E-state index contributed by atoms with van der Waals surface area (Å²) >= 11 is 7.76. The van der Waals surface area contributed by atoms with Crippen molar-refractivity contribution in [2.45, 2.75) is 44.6 Å². The summed E-state index contributed by atoms with van der Waals surface area (Å²) < 4.78 is 0.936. The molecule has 0 radical (unpaired) electrons. The molecule has 94 valence electrons. The van der Waals surface area contributed by atoms with Gasteiger partial charge in [-0.1, -0.05) is 18.0 Å². The molecule has 1 heterocycles. The molecule has 17 heavy (non-hydrogen) atoms. The van der Waals surface area contributed by atoms with Crippen molar-refractivity contribution in [2.24, 2.45) is 11.8 Å². The molecule has 0 spiro atoms. The Hall–Kier alpha value is -0.0500. The lowest BCUT2D eigenvalue weighted by molar-refractivity contribution is 0.365. The first-order valence-corrected chi connectivity index (χ1v) is 7.98. The van der Waals surface area contributed by atoms with Gasteiger partial charge in [0, 0.05) is 10.9 Å². The Labute approximate surface area is 113 Å². The van der Waals surface area contributed by atoms with E-state index < -0.39 is 0 Å². The summed E-state index contributed by atoms with van der Waals surface area (Å²) in [5, 5.41) is 3.70. The molecule has 0 bridgehead atoms. The SMILES string of the molecule is Clc1ccc(CC2CCCC2CNC2CC2)s1. The molecule has 3 rings (SSSR count). The number of hydrogen-bond acceptors (Lipinski definition) is 2. The first-order valence-electron chi connectivity index (χ1n) is 6.79. The van der Waals surface area contributed by atoms with Crippen LogP contribution in [0.2, 0.25) is 4.34 Å². The lowest BCUT2D eigenvalue weighted by Crippen LogP contribution is -2.27. The molecule has 2 unspecified atom stereocenters. The highest BCUT2D eigenvalue weighted by atomic mass is 35.5. The van der Waals surface area contributed by atoms with Crippen molar-refractivity contribution in [3.63, 3.8) is 0 Å². The van der Waals surface area contributed by atoms with Gasteiger partial charge in [0.15, 0.2) is 0 Å². The van der Waals surface area contributed by atoms with Crippen molar-refractivity contribution < 1.29 is 0 Å².